The molecule has 4 rings (SSSR count). The zero-order valence-corrected chi connectivity index (χ0v) is 18.4. The van der Waals surface area contributed by atoms with E-state index < -0.39 is 15.7 Å². The molecule has 2 N–H and O–H groups in total. The molecule has 2 aromatic rings. The number of amides is 1. The standard InChI is InChI=1S/C21H25N3O6S/c1-28-15-4-5-19-18(13-15)22-21(23-31(19,26)27)6-8-24(9-7-21)20(25)14-10-16(29-2)12-17(11-14)30-3/h4-5,10-13,22-23H,6-9H2,1-3H3. The first-order valence-electron chi connectivity index (χ1n) is 9.82. The number of piperidine rings is 1. The van der Waals surface area contributed by atoms with Crippen LogP contribution in [-0.2, 0) is 10.0 Å². The molecule has 9 nitrogen and oxygen atoms in total. The van der Waals surface area contributed by atoms with E-state index in [9.17, 15) is 13.2 Å². The van der Waals surface area contributed by atoms with Crippen molar-refractivity contribution in [3.05, 3.63) is 42.0 Å². The number of nitrogens with zero attached hydrogens (tertiary/aromatic N) is 1. The van der Waals surface area contributed by atoms with Gasteiger partial charge in [-0.05, 0) is 24.3 Å². The molecule has 2 heterocycles. The molecule has 1 spiro atoms. The Hall–Kier alpha value is -2.98. The van der Waals surface area contributed by atoms with Gasteiger partial charge in [0.15, 0.2) is 0 Å². The predicted octanol–water partition coefficient (Wildman–Crippen LogP) is 2.05. The molecule has 0 aliphatic carbocycles. The number of hydrogen-bond donors (Lipinski definition) is 2. The van der Waals surface area contributed by atoms with Crippen molar-refractivity contribution in [2.24, 2.45) is 0 Å². The quantitative estimate of drug-likeness (QED) is 0.739. The van der Waals surface area contributed by atoms with Crippen molar-refractivity contribution < 1.29 is 27.4 Å². The van der Waals surface area contributed by atoms with Gasteiger partial charge in [-0.25, -0.2) is 8.42 Å². The molecule has 0 bridgehead atoms. The van der Waals surface area contributed by atoms with Crippen molar-refractivity contribution in [1.29, 1.82) is 0 Å². The molecular formula is C21H25N3O6S. The lowest BCUT2D eigenvalue weighted by Gasteiger charge is -2.45. The Balaban J connectivity index is 1.54. The van der Waals surface area contributed by atoms with Gasteiger partial charge in [-0.2, -0.15) is 4.72 Å². The number of ether oxygens (including phenoxy) is 3. The number of sulfonamides is 1. The molecule has 0 unspecified atom stereocenters. The van der Waals surface area contributed by atoms with Crippen molar-refractivity contribution >= 4 is 21.6 Å². The van der Waals surface area contributed by atoms with E-state index in [-0.39, 0.29) is 10.8 Å². The van der Waals surface area contributed by atoms with Gasteiger partial charge >= 0.3 is 0 Å². The molecule has 0 atom stereocenters. The summed E-state index contributed by atoms with van der Waals surface area (Å²) in [6.07, 6.45) is 0.825. The number of anilines is 1. The lowest BCUT2D eigenvalue weighted by molar-refractivity contribution is 0.0675. The number of hydrogen-bond acceptors (Lipinski definition) is 7. The van der Waals surface area contributed by atoms with Crippen molar-refractivity contribution in [3.63, 3.8) is 0 Å². The molecule has 1 fully saturated rings. The summed E-state index contributed by atoms with van der Waals surface area (Å²) in [6.45, 7) is 0.764. The minimum atomic E-state index is -3.69. The number of rotatable bonds is 4. The van der Waals surface area contributed by atoms with Crippen LogP contribution in [0.15, 0.2) is 41.3 Å². The Bertz CT molecular complexity index is 1090. The molecule has 1 amide bonds. The fourth-order valence-corrected chi connectivity index (χ4v) is 5.52. The van der Waals surface area contributed by atoms with Gasteiger partial charge in [-0.15, -0.1) is 0 Å². The molecule has 2 aromatic carbocycles. The van der Waals surface area contributed by atoms with Gasteiger partial charge in [-0.1, -0.05) is 0 Å². The van der Waals surface area contributed by atoms with Gasteiger partial charge in [0, 0.05) is 43.6 Å². The first-order valence-corrected chi connectivity index (χ1v) is 11.3. The summed E-state index contributed by atoms with van der Waals surface area (Å²) < 4.78 is 44.2. The molecule has 2 aliphatic rings. The average molecular weight is 448 g/mol. The number of nitrogens with one attached hydrogen (secondary N) is 2. The van der Waals surface area contributed by atoms with Crippen LogP contribution in [0.3, 0.4) is 0 Å². The summed E-state index contributed by atoms with van der Waals surface area (Å²) in [4.78, 5) is 14.9. The second-order valence-corrected chi connectivity index (χ2v) is 9.22. The van der Waals surface area contributed by atoms with Crippen LogP contribution in [-0.4, -0.2) is 59.3 Å². The molecule has 0 radical (unpaired) electrons. The topological polar surface area (TPSA) is 106 Å². The molecule has 31 heavy (non-hydrogen) atoms. The third kappa shape index (κ3) is 4.00. The van der Waals surface area contributed by atoms with Gasteiger partial charge in [0.05, 0.1) is 27.0 Å². The highest BCUT2D eigenvalue weighted by Gasteiger charge is 2.44. The predicted molar refractivity (Wildman–Crippen MR) is 114 cm³/mol. The van der Waals surface area contributed by atoms with Gasteiger partial charge in [-0.3, -0.25) is 4.79 Å². The second kappa shape index (κ2) is 7.93. The van der Waals surface area contributed by atoms with Gasteiger partial charge < -0.3 is 24.4 Å². The molecule has 0 saturated carbocycles. The molecule has 2 aliphatic heterocycles. The van der Waals surface area contributed by atoms with Crippen molar-refractivity contribution in [2.75, 3.05) is 39.7 Å². The molecular weight excluding hydrogens is 422 g/mol. The lowest BCUT2D eigenvalue weighted by atomic mass is 9.96. The number of fused-ring (bicyclic) bond motifs is 1. The van der Waals surface area contributed by atoms with E-state index in [0.29, 0.717) is 54.4 Å². The maximum atomic E-state index is 13.1. The monoisotopic (exact) mass is 447 g/mol. The second-order valence-electron chi connectivity index (χ2n) is 7.57. The van der Waals surface area contributed by atoms with Crippen molar-refractivity contribution in [2.45, 2.75) is 23.4 Å². The Morgan fingerprint density at radius 2 is 1.55 bits per heavy atom. The van der Waals surface area contributed by atoms with Crippen LogP contribution < -0.4 is 24.2 Å². The minimum Gasteiger partial charge on any atom is -0.497 e. The largest absolute Gasteiger partial charge is 0.497 e. The Labute approximate surface area is 181 Å². The number of methoxy groups -OCH3 is 3. The van der Waals surface area contributed by atoms with E-state index in [1.165, 1.54) is 27.4 Å². The van der Waals surface area contributed by atoms with Crippen molar-refractivity contribution in [3.8, 4) is 17.2 Å². The maximum Gasteiger partial charge on any atom is 0.254 e. The van der Waals surface area contributed by atoms with Crippen LogP contribution in [0.2, 0.25) is 0 Å². The molecule has 0 aromatic heterocycles. The van der Waals surface area contributed by atoms with Crippen LogP contribution >= 0.6 is 0 Å². The van der Waals surface area contributed by atoms with E-state index in [1.54, 1.807) is 35.2 Å². The van der Waals surface area contributed by atoms with Crippen molar-refractivity contribution in [1.82, 2.24) is 9.62 Å². The fourth-order valence-electron chi connectivity index (χ4n) is 4.00. The smallest absolute Gasteiger partial charge is 0.254 e. The summed E-state index contributed by atoms with van der Waals surface area (Å²) >= 11 is 0. The summed E-state index contributed by atoms with van der Waals surface area (Å²) in [5.74, 6) is 1.47. The minimum absolute atomic E-state index is 0.159. The number of likely N-dealkylation sites (tertiary alicyclic amines) is 1. The lowest BCUT2D eigenvalue weighted by Crippen LogP contribution is -2.62. The van der Waals surface area contributed by atoms with E-state index in [2.05, 4.69) is 10.0 Å². The average Bonchev–Trinajstić information content (AvgIpc) is 2.77. The third-order valence-electron chi connectivity index (χ3n) is 5.68. The normalized spacial score (nSPS) is 18.6. The molecule has 166 valence electrons. The van der Waals surface area contributed by atoms with E-state index >= 15 is 0 Å². The number of carbonyl (C=O) groups excluding carboxylic acids is 1. The van der Waals surface area contributed by atoms with E-state index in [4.69, 9.17) is 14.2 Å². The Kier molecular flexibility index (Phi) is 5.44. The first kappa shape index (κ1) is 21.3. The highest BCUT2D eigenvalue weighted by molar-refractivity contribution is 7.89. The number of benzene rings is 2. The van der Waals surface area contributed by atoms with E-state index in [0.717, 1.165) is 0 Å². The fraction of sp³-hybridized carbons (Fsp3) is 0.381. The summed E-state index contributed by atoms with van der Waals surface area (Å²) in [7, 11) is 0.903. The Morgan fingerprint density at radius 1 is 0.935 bits per heavy atom. The highest BCUT2D eigenvalue weighted by Crippen LogP contribution is 2.37. The maximum absolute atomic E-state index is 13.1. The van der Waals surface area contributed by atoms with Crippen LogP contribution in [0.25, 0.3) is 0 Å². The zero-order chi connectivity index (χ0) is 22.2. The molecule has 10 heteroatoms. The first-order chi connectivity index (χ1) is 14.8. The molecule has 1 saturated heterocycles. The zero-order valence-electron chi connectivity index (χ0n) is 17.6. The van der Waals surface area contributed by atoms with Gasteiger partial charge in [0.2, 0.25) is 10.0 Å². The van der Waals surface area contributed by atoms with Crippen LogP contribution in [0.5, 0.6) is 17.2 Å². The van der Waals surface area contributed by atoms with E-state index in [1.807, 2.05) is 0 Å². The SMILES string of the molecule is COc1cc(OC)cc(C(=O)N2CCC3(CC2)Nc2cc(OC)ccc2S(=O)(=O)N3)c1. The van der Waals surface area contributed by atoms with Crippen LogP contribution in [0.1, 0.15) is 23.2 Å². The number of carbonyl (C=O) groups is 1. The van der Waals surface area contributed by atoms with Crippen LogP contribution in [0, 0.1) is 0 Å². The summed E-state index contributed by atoms with van der Waals surface area (Å²) in [6, 6.07) is 9.84. The van der Waals surface area contributed by atoms with Gasteiger partial charge in [0.25, 0.3) is 5.91 Å². The highest BCUT2D eigenvalue weighted by atomic mass is 32.2. The summed E-state index contributed by atoms with van der Waals surface area (Å²) in [5, 5.41) is 3.33. The third-order valence-corrected chi connectivity index (χ3v) is 7.28. The Morgan fingerprint density at radius 3 is 2.13 bits per heavy atom. The summed E-state index contributed by atoms with van der Waals surface area (Å²) in [5.41, 5.74) is 0.0935. The van der Waals surface area contributed by atoms with Gasteiger partial charge in [0.1, 0.15) is 27.8 Å². The van der Waals surface area contributed by atoms with Crippen LogP contribution in [0.4, 0.5) is 5.69 Å².